The molecule has 1 aromatic heterocycles. The van der Waals surface area contributed by atoms with Crippen LogP contribution in [0.4, 0.5) is 5.69 Å². The fourth-order valence-corrected chi connectivity index (χ4v) is 1.86. The number of anilines is 1. The normalized spacial score (nSPS) is 11.8. The zero-order chi connectivity index (χ0) is 16.3. The lowest BCUT2D eigenvalue weighted by molar-refractivity contribution is -0.144. The number of nitrogens with one attached hydrogen (secondary N) is 1. The third kappa shape index (κ3) is 3.46. The molecule has 2 aromatic rings. The molecule has 0 spiro atoms. The van der Waals surface area contributed by atoms with Gasteiger partial charge >= 0.3 is 5.97 Å². The fourth-order valence-electron chi connectivity index (χ4n) is 1.86. The van der Waals surface area contributed by atoms with Gasteiger partial charge in [-0.3, -0.25) is 4.79 Å². The molecule has 0 aliphatic heterocycles. The van der Waals surface area contributed by atoms with E-state index >= 15 is 0 Å². The van der Waals surface area contributed by atoms with E-state index in [1.165, 1.54) is 13.2 Å². The van der Waals surface area contributed by atoms with E-state index in [0.29, 0.717) is 22.8 Å². The standard InChI is InChI=1S/C16H17NO5/c1-9-4-5-12(8-14(9)22-11(3)16(19)20)17-15(18)13-6-7-21-10(13)2/h4-8,11H,1-3H3,(H,17,18)(H,19,20). The Morgan fingerprint density at radius 2 is 2.00 bits per heavy atom. The molecule has 0 radical (unpaired) electrons. The Morgan fingerprint density at radius 3 is 2.59 bits per heavy atom. The number of ether oxygens (including phenoxy) is 1. The van der Waals surface area contributed by atoms with Crippen molar-refractivity contribution in [3.8, 4) is 5.75 Å². The summed E-state index contributed by atoms with van der Waals surface area (Å²) in [6.45, 7) is 4.95. The first-order valence-electron chi connectivity index (χ1n) is 6.74. The molecule has 1 amide bonds. The minimum Gasteiger partial charge on any atom is -0.479 e. The molecular weight excluding hydrogens is 286 g/mol. The number of carbonyl (C=O) groups is 2. The van der Waals surface area contributed by atoms with Crippen LogP contribution in [0.1, 0.15) is 28.6 Å². The number of benzene rings is 1. The predicted molar refractivity (Wildman–Crippen MR) is 80.3 cm³/mol. The maximum Gasteiger partial charge on any atom is 0.344 e. The molecule has 2 N–H and O–H groups in total. The number of hydrogen-bond acceptors (Lipinski definition) is 4. The van der Waals surface area contributed by atoms with Gasteiger partial charge in [-0.25, -0.2) is 4.79 Å². The molecule has 0 aliphatic carbocycles. The summed E-state index contributed by atoms with van der Waals surface area (Å²) in [5.41, 5.74) is 1.75. The first-order valence-corrected chi connectivity index (χ1v) is 6.74. The summed E-state index contributed by atoms with van der Waals surface area (Å²) in [5, 5.41) is 11.6. The predicted octanol–water partition coefficient (Wildman–Crippen LogP) is 3.00. The maximum absolute atomic E-state index is 12.1. The monoisotopic (exact) mass is 303 g/mol. The SMILES string of the molecule is Cc1ccc(NC(=O)c2ccoc2C)cc1OC(C)C(=O)O. The van der Waals surface area contributed by atoms with Crippen molar-refractivity contribution in [2.75, 3.05) is 5.32 Å². The minimum atomic E-state index is -1.05. The summed E-state index contributed by atoms with van der Waals surface area (Å²) in [6.07, 6.45) is 0.475. The Hall–Kier alpha value is -2.76. The fraction of sp³-hybridized carbons (Fsp3) is 0.250. The second kappa shape index (κ2) is 6.34. The lowest BCUT2D eigenvalue weighted by Gasteiger charge is -2.14. The quantitative estimate of drug-likeness (QED) is 0.886. The third-order valence-corrected chi connectivity index (χ3v) is 3.20. The van der Waals surface area contributed by atoms with Gasteiger partial charge in [0.05, 0.1) is 11.8 Å². The van der Waals surface area contributed by atoms with Gasteiger partial charge < -0.3 is 19.6 Å². The van der Waals surface area contributed by atoms with Gasteiger partial charge in [0, 0.05) is 11.8 Å². The topological polar surface area (TPSA) is 88.8 Å². The van der Waals surface area contributed by atoms with E-state index in [1.54, 1.807) is 38.1 Å². The summed E-state index contributed by atoms with van der Waals surface area (Å²) < 4.78 is 10.5. The summed E-state index contributed by atoms with van der Waals surface area (Å²) >= 11 is 0. The molecular formula is C16H17NO5. The highest BCUT2D eigenvalue weighted by atomic mass is 16.5. The molecule has 0 saturated carbocycles. The molecule has 2 rings (SSSR count). The van der Waals surface area contributed by atoms with Crippen LogP contribution >= 0.6 is 0 Å². The first-order chi connectivity index (χ1) is 10.4. The smallest absolute Gasteiger partial charge is 0.344 e. The van der Waals surface area contributed by atoms with Gasteiger partial charge in [0.1, 0.15) is 11.5 Å². The Balaban J connectivity index is 2.17. The lowest BCUT2D eigenvalue weighted by Crippen LogP contribution is -2.23. The number of rotatable bonds is 5. The van der Waals surface area contributed by atoms with Crippen molar-refractivity contribution in [2.45, 2.75) is 26.9 Å². The number of carboxylic acid groups (broad SMARTS) is 1. The van der Waals surface area contributed by atoms with Crippen LogP contribution in [-0.2, 0) is 4.79 Å². The molecule has 6 heteroatoms. The van der Waals surface area contributed by atoms with Crippen molar-refractivity contribution in [1.82, 2.24) is 0 Å². The Morgan fingerprint density at radius 1 is 1.27 bits per heavy atom. The average Bonchev–Trinajstić information content (AvgIpc) is 2.88. The summed E-state index contributed by atoms with van der Waals surface area (Å²) in [4.78, 5) is 23.0. The Kier molecular flexibility index (Phi) is 4.50. The minimum absolute atomic E-state index is 0.299. The zero-order valence-corrected chi connectivity index (χ0v) is 12.5. The number of carbonyl (C=O) groups excluding carboxylic acids is 1. The number of amides is 1. The van der Waals surface area contributed by atoms with Crippen LogP contribution < -0.4 is 10.1 Å². The van der Waals surface area contributed by atoms with Crippen molar-refractivity contribution in [1.29, 1.82) is 0 Å². The molecule has 116 valence electrons. The van der Waals surface area contributed by atoms with E-state index in [0.717, 1.165) is 5.56 Å². The van der Waals surface area contributed by atoms with E-state index in [9.17, 15) is 9.59 Å². The van der Waals surface area contributed by atoms with Crippen LogP contribution in [0.25, 0.3) is 0 Å². The van der Waals surface area contributed by atoms with Gasteiger partial charge in [-0.1, -0.05) is 6.07 Å². The highest BCUT2D eigenvalue weighted by molar-refractivity contribution is 6.05. The van der Waals surface area contributed by atoms with Gasteiger partial charge in [-0.15, -0.1) is 0 Å². The zero-order valence-electron chi connectivity index (χ0n) is 12.5. The highest BCUT2D eigenvalue weighted by Crippen LogP contribution is 2.24. The van der Waals surface area contributed by atoms with Gasteiger partial charge in [0.15, 0.2) is 6.10 Å². The van der Waals surface area contributed by atoms with E-state index in [2.05, 4.69) is 5.32 Å². The molecule has 0 fully saturated rings. The van der Waals surface area contributed by atoms with Gasteiger partial charge in [0.25, 0.3) is 5.91 Å². The number of aryl methyl sites for hydroxylation is 2. The van der Waals surface area contributed by atoms with E-state index in [1.807, 2.05) is 0 Å². The van der Waals surface area contributed by atoms with Crippen LogP contribution in [0.5, 0.6) is 5.75 Å². The van der Waals surface area contributed by atoms with E-state index in [-0.39, 0.29) is 5.91 Å². The number of furan rings is 1. The molecule has 1 aromatic carbocycles. The number of carboxylic acids is 1. The van der Waals surface area contributed by atoms with Crippen molar-refractivity contribution >= 4 is 17.6 Å². The van der Waals surface area contributed by atoms with Crippen LogP contribution in [-0.4, -0.2) is 23.1 Å². The third-order valence-electron chi connectivity index (χ3n) is 3.20. The average molecular weight is 303 g/mol. The Labute approximate surface area is 127 Å². The number of hydrogen-bond donors (Lipinski definition) is 2. The van der Waals surface area contributed by atoms with Crippen molar-refractivity contribution in [3.05, 3.63) is 47.4 Å². The van der Waals surface area contributed by atoms with Crippen molar-refractivity contribution in [3.63, 3.8) is 0 Å². The lowest BCUT2D eigenvalue weighted by atomic mass is 10.2. The largest absolute Gasteiger partial charge is 0.479 e. The van der Waals surface area contributed by atoms with Gasteiger partial charge in [0.2, 0.25) is 0 Å². The molecule has 1 heterocycles. The summed E-state index contributed by atoms with van der Waals surface area (Å²) in [5.74, 6) is -0.410. The maximum atomic E-state index is 12.1. The van der Waals surface area contributed by atoms with Gasteiger partial charge in [-0.2, -0.15) is 0 Å². The summed E-state index contributed by atoms with van der Waals surface area (Å²) in [7, 11) is 0. The second-order valence-corrected chi connectivity index (χ2v) is 4.92. The number of aliphatic carboxylic acids is 1. The first kappa shape index (κ1) is 15.6. The molecule has 22 heavy (non-hydrogen) atoms. The molecule has 0 saturated heterocycles. The molecule has 1 unspecified atom stereocenters. The summed E-state index contributed by atoms with van der Waals surface area (Å²) in [6, 6.07) is 6.66. The molecule has 1 atom stereocenters. The molecule has 0 aliphatic rings. The van der Waals surface area contributed by atoms with Crippen LogP contribution in [0.3, 0.4) is 0 Å². The molecule has 6 nitrogen and oxygen atoms in total. The highest BCUT2D eigenvalue weighted by Gasteiger charge is 2.16. The van der Waals surface area contributed by atoms with Crippen LogP contribution in [0.15, 0.2) is 34.9 Å². The van der Waals surface area contributed by atoms with E-state index < -0.39 is 12.1 Å². The van der Waals surface area contributed by atoms with Crippen molar-refractivity contribution < 1.29 is 23.8 Å². The van der Waals surface area contributed by atoms with Gasteiger partial charge in [-0.05, 0) is 38.5 Å². The van der Waals surface area contributed by atoms with Crippen LogP contribution in [0, 0.1) is 13.8 Å². The van der Waals surface area contributed by atoms with Crippen molar-refractivity contribution in [2.24, 2.45) is 0 Å². The van der Waals surface area contributed by atoms with Crippen LogP contribution in [0.2, 0.25) is 0 Å². The second-order valence-electron chi connectivity index (χ2n) is 4.92. The molecule has 0 bridgehead atoms. The van der Waals surface area contributed by atoms with E-state index in [4.69, 9.17) is 14.3 Å². The Bertz CT molecular complexity index is 704.